The van der Waals surface area contributed by atoms with E-state index >= 15 is 0 Å². The molecule has 0 unspecified atom stereocenters. The Morgan fingerprint density at radius 1 is 0.365 bits per heavy atom. The van der Waals surface area contributed by atoms with E-state index in [0.717, 1.165) is 6.92 Å². The first kappa shape index (κ1) is 121. The number of carboxylic acid groups (broad SMARTS) is 1. The summed E-state index contributed by atoms with van der Waals surface area (Å²) in [5, 5.41) is 110. The molecular formula is C87H148N26O22S2. The van der Waals surface area contributed by atoms with E-state index in [2.05, 4.69) is 90.4 Å². The Labute approximate surface area is 806 Å². The number of guanidine groups is 2. The SMILES string of the molecule is CSCC[C@H](NC(=O)[C@H](CO)NC(=O)[C@H](CCCNC(=N)N)NC(=O)[C@H](CC(C)C)NC(=O)[C@H](CCCCN)NC(=O)[C@H](CCCCN)NC(=O)[C@H](CCC(N)=O)NC(=O)[C@H](Cc1ccc(O)cc1)NC(=O)CNC(=O)[C@@H](N)CCSC)C(=O)N[C@H](C(=O)N[C@@H](C)C(=O)N[C@@H](CCCCN)C(=O)N[C@@H](Cc1ccc(O)cc1)C(=O)N[C@@H](CCCNC(=N)N)C(=O)N[C@@H](CC(C)C)C(=O)O)[C@@H](C)O. The number of aliphatic carboxylic acids is 1. The first-order valence-corrected chi connectivity index (χ1v) is 48.5. The zero-order valence-corrected chi connectivity index (χ0v) is 80.9. The maximum absolute atomic E-state index is 14.8. The Hall–Kier alpha value is -12.0. The summed E-state index contributed by atoms with van der Waals surface area (Å²) in [7, 11) is 0. The molecule has 2 rings (SSSR count). The normalized spacial score (nSPS) is 14.7. The molecule has 0 saturated heterocycles. The summed E-state index contributed by atoms with van der Waals surface area (Å²) < 4.78 is 0. The number of rotatable bonds is 70. The second-order valence-corrected chi connectivity index (χ2v) is 36.0. The van der Waals surface area contributed by atoms with Gasteiger partial charge in [0.2, 0.25) is 94.5 Å². The first-order valence-electron chi connectivity index (χ1n) is 45.7. The number of phenols is 2. The van der Waals surface area contributed by atoms with Crippen LogP contribution in [0.2, 0.25) is 0 Å². The van der Waals surface area contributed by atoms with Crippen molar-refractivity contribution in [1.29, 1.82) is 10.8 Å². The van der Waals surface area contributed by atoms with E-state index in [1.807, 2.05) is 6.26 Å². The van der Waals surface area contributed by atoms with Gasteiger partial charge in [0.05, 0.1) is 25.3 Å². The standard InChI is InChI=1S/C87H148N26O22S2/c1-47(2)41-63(109-75(124)58(19-11-14-36-90)103-73(122)57(18-10-13-35-89)104-78(127)61(30-31-68(92)118)107-81(130)64(43-51-22-26-53(116)27-23-51)101-69(119)45-99-72(121)55(91)32-39-136-7)80(129)105-60(21-16-38-98-87(95)96)77(126)112-67(46-114)83(132)108-62(33-40-137-8)79(128)113-70(50(6)115)84(133)100-49(5)71(120)102-56(17-9-12-34-88)74(123)110-65(44-52-24-28-54(117)29-25-52)82(131)106-59(20-15-37-97-86(93)94)76(125)111-66(85(134)135)42-48(3)4/h22-29,47-50,55-67,70,114-117H,9-21,30-46,88-91H2,1-8H3,(H2,92,118)(H,99,121)(H,100,133)(H,101,119)(H,102,120)(H,103,122)(H,104,127)(H,105,129)(H,106,131)(H,107,130)(H,108,132)(H,109,124)(H,110,123)(H,111,125)(H,112,126)(H,113,128)(H,134,135)(H4,93,94,97)(H4,95,96,98)/t49-,50+,55-,56-,57-,58-,59-,60-,61-,62-,63-,64-,65-,66-,67-,70-/m0/s1. The fraction of sp³-hybridized carbons (Fsp3) is 0.644. The van der Waals surface area contributed by atoms with Crippen LogP contribution >= 0.6 is 23.5 Å². The average Bonchev–Trinajstić information content (AvgIpc) is 0.851. The van der Waals surface area contributed by atoms with Gasteiger partial charge in [-0.05, 0) is 220 Å². The zero-order valence-electron chi connectivity index (χ0n) is 79.3. The molecule has 0 aromatic heterocycles. The molecule has 0 aliphatic rings. The third kappa shape index (κ3) is 49.6. The van der Waals surface area contributed by atoms with Crippen LogP contribution in [0.25, 0.3) is 0 Å². The molecular weight excluding hydrogens is 1830 g/mol. The Morgan fingerprint density at radius 2 is 0.686 bits per heavy atom. The number of aliphatic hydroxyl groups is 2. The molecule has 0 saturated carbocycles. The number of nitrogens with two attached hydrogens (primary N) is 7. The van der Waals surface area contributed by atoms with Gasteiger partial charge in [-0.15, -0.1) is 0 Å². The number of aromatic hydroxyl groups is 2. The Kier molecular flexibility index (Phi) is 58.8. The minimum absolute atomic E-state index is 0.00341. The summed E-state index contributed by atoms with van der Waals surface area (Å²) >= 11 is 2.68. The van der Waals surface area contributed by atoms with Crippen LogP contribution in [-0.2, 0) is 94.3 Å². The van der Waals surface area contributed by atoms with E-state index in [1.165, 1.54) is 79.0 Å². The van der Waals surface area contributed by atoms with Gasteiger partial charge in [0.25, 0.3) is 0 Å². The molecule has 137 heavy (non-hydrogen) atoms. The van der Waals surface area contributed by atoms with Crippen molar-refractivity contribution < 1.29 is 107 Å². The number of carbonyl (C=O) groups excluding carboxylic acids is 16. The number of thioether (sulfide) groups is 2. The van der Waals surface area contributed by atoms with Crippen LogP contribution in [0.4, 0.5) is 0 Å². The van der Waals surface area contributed by atoms with E-state index in [9.17, 15) is 107 Å². The lowest BCUT2D eigenvalue weighted by molar-refractivity contribution is -0.143. The number of primary amides is 1. The highest BCUT2D eigenvalue weighted by Gasteiger charge is 2.40. The number of nitrogens with one attached hydrogen (secondary N) is 19. The van der Waals surface area contributed by atoms with Gasteiger partial charge in [0.1, 0.15) is 96.1 Å². The molecule has 0 bridgehead atoms. The van der Waals surface area contributed by atoms with E-state index in [1.54, 1.807) is 34.0 Å². The van der Waals surface area contributed by atoms with E-state index in [0.29, 0.717) is 42.6 Å². The van der Waals surface area contributed by atoms with Crippen LogP contribution in [0.15, 0.2) is 48.5 Å². The van der Waals surface area contributed by atoms with Crippen molar-refractivity contribution in [2.45, 2.75) is 273 Å². The minimum atomic E-state index is -1.90. The number of hydrogen-bond acceptors (Lipinski definition) is 29. The maximum Gasteiger partial charge on any atom is 0.326 e. The number of carbonyl (C=O) groups is 17. The Bertz CT molecular complexity index is 4220. The van der Waals surface area contributed by atoms with Crippen LogP contribution in [0.5, 0.6) is 11.5 Å². The summed E-state index contributed by atoms with van der Waals surface area (Å²) in [6.07, 6.45) is 1.48. The average molecular weight is 1970 g/mol. The van der Waals surface area contributed by atoms with Crippen molar-refractivity contribution in [1.82, 2.24) is 90.4 Å². The number of unbranched alkanes of at least 4 members (excludes halogenated alkanes) is 3. The Morgan fingerprint density at radius 3 is 1.06 bits per heavy atom. The van der Waals surface area contributed by atoms with Crippen LogP contribution in [-0.4, -0.2) is 305 Å². The molecule has 48 nitrogen and oxygen atoms in total. The molecule has 38 N–H and O–H groups in total. The molecule has 0 heterocycles. The molecule has 2 aromatic rings. The van der Waals surface area contributed by atoms with Crippen molar-refractivity contribution in [3.63, 3.8) is 0 Å². The van der Waals surface area contributed by atoms with Crippen LogP contribution in [0.1, 0.15) is 175 Å². The fourth-order valence-corrected chi connectivity index (χ4v) is 14.6. The quantitative estimate of drug-likeness (QED) is 0.0166. The lowest BCUT2D eigenvalue weighted by atomic mass is 10.0. The van der Waals surface area contributed by atoms with Crippen LogP contribution in [0.3, 0.4) is 0 Å². The number of carboxylic acids is 1. The van der Waals surface area contributed by atoms with Gasteiger partial charge < -0.3 is 156 Å². The number of amides is 16. The van der Waals surface area contributed by atoms with Crippen molar-refractivity contribution >= 4 is 136 Å². The molecule has 0 aliphatic carbocycles. The summed E-state index contributed by atoms with van der Waals surface area (Å²) in [5.74, 6) is -17.7. The number of hydrogen-bond donors (Lipinski definition) is 31. The highest BCUT2D eigenvalue weighted by molar-refractivity contribution is 7.98. The van der Waals surface area contributed by atoms with Gasteiger partial charge in [-0.1, -0.05) is 52.0 Å². The molecule has 0 spiro atoms. The first-order chi connectivity index (χ1) is 64.8. The van der Waals surface area contributed by atoms with Gasteiger partial charge in [-0.3, -0.25) is 87.5 Å². The van der Waals surface area contributed by atoms with Crippen molar-refractivity contribution in [2.75, 3.05) is 69.9 Å². The minimum Gasteiger partial charge on any atom is -0.508 e. The van der Waals surface area contributed by atoms with Crippen LogP contribution in [0, 0.1) is 22.7 Å². The van der Waals surface area contributed by atoms with E-state index in [-0.39, 0.29) is 164 Å². The Balaban J connectivity index is 2.54. The number of benzene rings is 2. The molecule has 0 fully saturated rings. The fourth-order valence-electron chi connectivity index (χ4n) is 13.7. The highest BCUT2D eigenvalue weighted by Crippen LogP contribution is 2.19. The van der Waals surface area contributed by atoms with Crippen LogP contribution < -0.4 is 131 Å². The van der Waals surface area contributed by atoms with Gasteiger partial charge in [0, 0.05) is 32.4 Å². The number of phenolic OH excluding ortho intramolecular Hbond substituents is 2. The van der Waals surface area contributed by atoms with E-state index < -0.39 is 229 Å². The summed E-state index contributed by atoms with van der Waals surface area (Å²) in [6.45, 7) is 7.97. The third-order valence-electron chi connectivity index (χ3n) is 21.3. The van der Waals surface area contributed by atoms with Crippen molar-refractivity contribution in [2.24, 2.45) is 52.0 Å². The van der Waals surface area contributed by atoms with Crippen molar-refractivity contribution in [3.8, 4) is 11.5 Å². The maximum atomic E-state index is 14.8. The van der Waals surface area contributed by atoms with Gasteiger partial charge in [0.15, 0.2) is 11.9 Å². The largest absolute Gasteiger partial charge is 0.508 e. The molecule has 16 atom stereocenters. The van der Waals surface area contributed by atoms with Gasteiger partial charge in [-0.2, -0.15) is 23.5 Å². The molecule has 2 aromatic carbocycles. The van der Waals surface area contributed by atoms with Crippen molar-refractivity contribution in [3.05, 3.63) is 59.7 Å². The molecule has 0 aliphatic heterocycles. The molecule has 770 valence electrons. The van der Waals surface area contributed by atoms with Gasteiger partial charge >= 0.3 is 5.97 Å². The molecule has 50 heteroatoms. The third-order valence-corrected chi connectivity index (χ3v) is 22.5. The number of aliphatic hydroxyl groups excluding tert-OH is 2. The predicted octanol–water partition coefficient (Wildman–Crippen LogP) is -6.63. The smallest absolute Gasteiger partial charge is 0.326 e. The second-order valence-electron chi connectivity index (χ2n) is 34.0. The summed E-state index contributed by atoms with van der Waals surface area (Å²) in [5.41, 5.74) is 40.9. The summed E-state index contributed by atoms with van der Waals surface area (Å²) in [4.78, 5) is 238. The van der Waals surface area contributed by atoms with Gasteiger partial charge in [-0.25, -0.2) is 4.79 Å². The topological polar surface area (TPSA) is 826 Å². The molecule has 0 radical (unpaired) electrons. The lowest BCUT2D eigenvalue weighted by Gasteiger charge is -2.29. The predicted molar refractivity (Wildman–Crippen MR) is 514 cm³/mol. The highest BCUT2D eigenvalue weighted by atomic mass is 32.2. The molecule has 16 amide bonds. The summed E-state index contributed by atoms with van der Waals surface area (Å²) in [6, 6.07) is -11.6. The lowest BCUT2D eigenvalue weighted by Crippen LogP contribution is -2.62. The van der Waals surface area contributed by atoms with E-state index in [4.69, 9.17) is 51.0 Å². The zero-order chi connectivity index (χ0) is 103. The second kappa shape index (κ2) is 66.5. The monoisotopic (exact) mass is 1970 g/mol.